The van der Waals surface area contributed by atoms with E-state index in [4.69, 9.17) is 16.3 Å². The number of ether oxygens (including phenoxy) is 1. The Morgan fingerprint density at radius 1 is 1.12 bits per heavy atom. The molecule has 1 aliphatic rings. The number of hydrogen-bond donors (Lipinski definition) is 2. The molecular weight excluding hydrogens is 444 g/mol. The van der Waals surface area contributed by atoms with Gasteiger partial charge in [-0.2, -0.15) is 0 Å². The van der Waals surface area contributed by atoms with Gasteiger partial charge < -0.3 is 20.3 Å². The molecule has 2 aromatic rings. The molecule has 3 amide bonds. The van der Waals surface area contributed by atoms with Crippen molar-refractivity contribution < 1.29 is 19.1 Å². The Labute approximate surface area is 198 Å². The Morgan fingerprint density at radius 3 is 2.42 bits per heavy atom. The molecule has 1 atom stereocenters. The van der Waals surface area contributed by atoms with Crippen LogP contribution in [0, 0.1) is 11.8 Å². The maximum absolute atomic E-state index is 13.1. The van der Waals surface area contributed by atoms with Gasteiger partial charge in [-0.3, -0.25) is 14.4 Å². The van der Waals surface area contributed by atoms with Crippen LogP contribution in [0.2, 0.25) is 5.02 Å². The van der Waals surface area contributed by atoms with Gasteiger partial charge in [-0.1, -0.05) is 43.6 Å². The van der Waals surface area contributed by atoms with Crippen LogP contribution in [0.25, 0.3) is 0 Å². The Hall–Kier alpha value is -3.13. The number of likely N-dealkylation sites (tertiary alicyclic amines) is 1. The first-order valence-corrected chi connectivity index (χ1v) is 11.4. The molecule has 2 heterocycles. The van der Waals surface area contributed by atoms with E-state index in [1.165, 1.54) is 6.20 Å². The average Bonchev–Trinajstić information content (AvgIpc) is 2.83. The molecular formula is C24H29ClN4O4. The molecule has 0 saturated carbocycles. The van der Waals surface area contributed by atoms with Crippen LogP contribution in [0.1, 0.15) is 26.7 Å². The number of benzene rings is 1. The zero-order valence-corrected chi connectivity index (χ0v) is 19.5. The fourth-order valence-electron chi connectivity index (χ4n) is 3.63. The largest absolute Gasteiger partial charge is 0.484 e. The molecule has 9 heteroatoms. The van der Waals surface area contributed by atoms with Crippen molar-refractivity contribution in [2.24, 2.45) is 11.8 Å². The summed E-state index contributed by atoms with van der Waals surface area (Å²) < 4.78 is 5.48. The smallest absolute Gasteiger partial charge is 0.258 e. The van der Waals surface area contributed by atoms with Crippen LogP contribution < -0.4 is 15.4 Å². The van der Waals surface area contributed by atoms with Crippen molar-refractivity contribution in [2.75, 3.05) is 25.0 Å². The molecule has 0 radical (unpaired) electrons. The maximum atomic E-state index is 13.1. The summed E-state index contributed by atoms with van der Waals surface area (Å²) in [5.41, 5.74) is 0. The third-order valence-corrected chi connectivity index (χ3v) is 5.74. The van der Waals surface area contributed by atoms with Crippen molar-refractivity contribution in [3.05, 3.63) is 53.7 Å². The summed E-state index contributed by atoms with van der Waals surface area (Å²) in [6.07, 6.45) is 2.56. The number of hydrogen-bond acceptors (Lipinski definition) is 5. The van der Waals surface area contributed by atoms with Crippen LogP contribution in [0.3, 0.4) is 0 Å². The van der Waals surface area contributed by atoms with Crippen molar-refractivity contribution in [1.29, 1.82) is 0 Å². The molecule has 1 saturated heterocycles. The molecule has 0 spiro atoms. The molecule has 176 valence electrons. The lowest BCUT2D eigenvalue weighted by atomic mass is 9.94. The van der Waals surface area contributed by atoms with Crippen LogP contribution >= 0.6 is 11.6 Å². The first kappa shape index (κ1) is 24.5. The van der Waals surface area contributed by atoms with Gasteiger partial charge in [0.1, 0.15) is 17.6 Å². The van der Waals surface area contributed by atoms with Crippen LogP contribution in [0.4, 0.5) is 5.82 Å². The summed E-state index contributed by atoms with van der Waals surface area (Å²) in [7, 11) is 0. The van der Waals surface area contributed by atoms with Crippen molar-refractivity contribution in [1.82, 2.24) is 15.2 Å². The van der Waals surface area contributed by atoms with Gasteiger partial charge in [-0.05, 0) is 43.0 Å². The summed E-state index contributed by atoms with van der Waals surface area (Å²) in [6.45, 7) is 4.51. The standard InChI is InChI=1S/C24H29ClN4O4/c1-16(2)22(28-21(30)15-33-19-6-4-3-5-7-19)24(32)29-12-10-17(11-13-29)23(31)27-20-9-8-18(25)14-26-20/h3-9,14,16-17,22H,10-13,15H2,1-2H3,(H,28,30)(H,26,27,31). The lowest BCUT2D eigenvalue weighted by molar-refractivity contribution is -0.140. The first-order valence-electron chi connectivity index (χ1n) is 11.0. The molecule has 2 N–H and O–H groups in total. The Balaban J connectivity index is 1.48. The highest BCUT2D eigenvalue weighted by Crippen LogP contribution is 2.21. The van der Waals surface area contributed by atoms with E-state index in [2.05, 4.69) is 15.6 Å². The van der Waals surface area contributed by atoms with Gasteiger partial charge >= 0.3 is 0 Å². The van der Waals surface area contributed by atoms with E-state index >= 15 is 0 Å². The normalized spacial score (nSPS) is 15.1. The fraction of sp³-hybridized carbons (Fsp3) is 0.417. The summed E-state index contributed by atoms with van der Waals surface area (Å²) in [5.74, 6) is 0.126. The number of halogens is 1. The topological polar surface area (TPSA) is 101 Å². The number of aromatic nitrogens is 1. The fourth-order valence-corrected chi connectivity index (χ4v) is 3.74. The van der Waals surface area contributed by atoms with E-state index < -0.39 is 6.04 Å². The number of carbonyl (C=O) groups excluding carboxylic acids is 3. The highest BCUT2D eigenvalue weighted by atomic mass is 35.5. The van der Waals surface area contributed by atoms with Crippen molar-refractivity contribution in [3.8, 4) is 5.75 Å². The number of anilines is 1. The summed E-state index contributed by atoms with van der Waals surface area (Å²) in [5, 5.41) is 6.09. The van der Waals surface area contributed by atoms with E-state index in [9.17, 15) is 14.4 Å². The number of amides is 3. The average molecular weight is 473 g/mol. The highest BCUT2D eigenvalue weighted by Gasteiger charge is 2.33. The maximum Gasteiger partial charge on any atom is 0.258 e. The molecule has 1 unspecified atom stereocenters. The number of rotatable bonds is 8. The predicted octanol–water partition coefficient (Wildman–Crippen LogP) is 3.13. The van der Waals surface area contributed by atoms with Gasteiger partial charge in [0.15, 0.2) is 6.61 Å². The molecule has 8 nitrogen and oxygen atoms in total. The molecule has 1 fully saturated rings. The molecule has 1 aromatic carbocycles. The second-order valence-corrected chi connectivity index (χ2v) is 8.78. The molecule has 0 bridgehead atoms. The first-order chi connectivity index (χ1) is 15.8. The van der Waals surface area contributed by atoms with Gasteiger partial charge in [-0.25, -0.2) is 4.98 Å². The Kier molecular flexibility index (Phi) is 8.65. The van der Waals surface area contributed by atoms with Crippen molar-refractivity contribution >= 4 is 35.1 Å². The number of pyridine rings is 1. The molecule has 1 aliphatic heterocycles. The summed E-state index contributed by atoms with van der Waals surface area (Å²) in [6, 6.07) is 11.7. The third-order valence-electron chi connectivity index (χ3n) is 5.52. The minimum atomic E-state index is -0.652. The lowest BCUT2D eigenvalue weighted by Gasteiger charge is -2.35. The van der Waals surface area contributed by atoms with Crippen molar-refractivity contribution in [2.45, 2.75) is 32.7 Å². The van der Waals surface area contributed by atoms with Crippen LogP contribution in [0.5, 0.6) is 5.75 Å². The van der Waals surface area contributed by atoms with Gasteiger partial charge in [0, 0.05) is 25.2 Å². The van der Waals surface area contributed by atoms with Gasteiger partial charge in [-0.15, -0.1) is 0 Å². The minimum absolute atomic E-state index is 0.0878. The molecule has 3 rings (SSSR count). The quantitative estimate of drug-likeness (QED) is 0.614. The zero-order valence-electron chi connectivity index (χ0n) is 18.8. The predicted molar refractivity (Wildman–Crippen MR) is 126 cm³/mol. The second-order valence-electron chi connectivity index (χ2n) is 8.34. The highest BCUT2D eigenvalue weighted by molar-refractivity contribution is 6.30. The van der Waals surface area contributed by atoms with E-state index in [1.54, 1.807) is 29.2 Å². The number of nitrogens with one attached hydrogen (secondary N) is 2. The van der Waals surface area contributed by atoms with Gasteiger partial charge in [0.05, 0.1) is 5.02 Å². The van der Waals surface area contributed by atoms with E-state index in [0.29, 0.717) is 42.5 Å². The summed E-state index contributed by atoms with van der Waals surface area (Å²) in [4.78, 5) is 43.8. The zero-order chi connectivity index (χ0) is 23.8. The van der Waals surface area contributed by atoms with E-state index in [0.717, 1.165) is 0 Å². The van der Waals surface area contributed by atoms with Crippen molar-refractivity contribution in [3.63, 3.8) is 0 Å². The number of piperidine rings is 1. The SMILES string of the molecule is CC(C)C(NC(=O)COc1ccccc1)C(=O)N1CCC(C(=O)Nc2ccc(Cl)cn2)CC1. The minimum Gasteiger partial charge on any atom is -0.484 e. The monoisotopic (exact) mass is 472 g/mol. The van der Waals surface area contributed by atoms with E-state index in [1.807, 2.05) is 32.0 Å². The Morgan fingerprint density at radius 2 is 1.82 bits per heavy atom. The summed E-state index contributed by atoms with van der Waals surface area (Å²) >= 11 is 5.82. The third kappa shape index (κ3) is 7.18. The van der Waals surface area contributed by atoms with Gasteiger partial charge in [0.2, 0.25) is 11.8 Å². The molecule has 33 heavy (non-hydrogen) atoms. The Bertz CT molecular complexity index is 945. The molecule has 0 aliphatic carbocycles. The van der Waals surface area contributed by atoms with Gasteiger partial charge in [0.25, 0.3) is 5.91 Å². The number of carbonyl (C=O) groups is 3. The number of para-hydroxylation sites is 1. The van der Waals surface area contributed by atoms with E-state index in [-0.39, 0.29) is 36.2 Å². The van der Waals surface area contributed by atoms with Crippen LogP contribution in [-0.4, -0.2) is 53.3 Å². The van der Waals surface area contributed by atoms with Crippen LogP contribution in [0.15, 0.2) is 48.7 Å². The lowest BCUT2D eigenvalue weighted by Crippen LogP contribution is -2.54. The van der Waals surface area contributed by atoms with Crippen LogP contribution in [-0.2, 0) is 14.4 Å². The number of nitrogens with zero attached hydrogens (tertiary/aromatic N) is 2. The second kappa shape index (κ2) is 11.7. The molecule has 1 aromatic heterocycles.